The number of hydrogen-bond donors (Lipinski definition) is 2. The zero-order valence-electron chi connectivity index (χ0n) is 14.8. The van der Waals surface area contributed by atoms with E-state index in [0.717, 1.165) is 18.2 Å². The van der Waals surface area contributed by atoms with Crippen LogP contribution in [0.1, 0.15) is 40.6 Å². The number of rotatable bonds is 7. The quantitative estimate of drug-likeness (QED) is 0.251. The molecule has 2 aromatic heterocycles. The lowest BCUT2D eigenvalue weighted by atomic mass is 10.2. The number of carbonyl (C=O) groups excluding carboxylic acids is 1. The Hall–Kier alpha value is -3.90. The van der Waals surface area contributed by atoms with Crippen molar-refractivity contribution in [1.82, 2.24) is 9.78 Å². The van der Waals surface area contributed by atoms with Crippen molar-refractivity contribution in [2.75, 3.05) is 5.32 Å². The Morgan fingerprint density at radius 3 is 2.53 bits per heavy atom. The average Bonchev–Trinajstić information content (AvgIpc) is 3.31. The molecule has 0 aliphatic carbocycles. The summed E-state index contributed by atoms with van der Waals surface area (Å²) in [5, 5.41) is 26.1. The van der Waals surface area contributed by atoms with Gasteiger partial charge in [-0.3, -0.25) is 19.6 Å². The molecule has 1 aromatic carbocycles. The van der Waals surface area contributed by atoms with Gasteiger partial charge in [0.2, 0.25) is 0 Å². The molecule has 0 spiro atoms. The summed E-state index contributed by atoms with van der Waals surface area (Å²) < 4.78 is 57.4. The minimum absolute atomic E-state index is 0.0149. The molecule has 3 rings (SSSR count). The number of hydrogen-bond acceptors (Lipinski definition) is 6. The standard InChI is InChI=1S/C17H12F4N4O5/c18-15(19)11-6-12(16(20)21)24(23-11)7-9-2-4-14(30-9)17(27)22-10-3-1-8(25(28)29)5-13(10)26/h1-6,15-16,26H,7H2,(H,22,27). The molecule has 158 valence electrons. The number of amides is 1. The topological polar surface area (TPSA) is 123 Å². The lowest BCUT2D eigenvalue weighted by molar-refractivity contribution is -0.384. The first kappa shape index (κ1) is 20.8. The molecule has 0 atom stereocenters. The van der Waals surface area contributed by atoms with Crippen LogP contribution >= 0.6 is 0 Å². The number of halogens is 4. The van der Waals surface area contributed by atoms with Gasteiger partial charge < -0.3 is 14.8 Å². The Kier molecular flexibility index (Phi) is 5.71. The van der Waals surface area contributed by atoms with Gasteiger partial charge in [0.15, 0.2) is 5.76 Å². The molecule has 2 N–H and O–H groups in total. The number of benzene rings is 1. The molecule has 2 heterocycles. The fourth-order valence-electron chi connectivity index (χ4n) is 2.52. The van der Waals surface area contributed by atoms with Gasteiger partial charge in [0.05, 0.1) is 23.2 Å². The Morgan fingerprint density at radius 2 is 1.93 bits per heavy atom. The summed E-state index contributed by atoms with van der Waals surface area (Å²) in [6, 6.07) is 6.07. The molecule has 3 aromatic rings. The van der Waals surface area contributed by atoms with Gasteiger partial charge in [-0.05, 0) is 24.3 Å². The number of nitro benzene ring substituents is 1. The van der Waals surface area contributed by atoms with Gasteiger partial charge in [0.1, 0.15) is 22.9 Å². The smallest absolute Gasteiger partial charge is 0.291 e. The molecule has 0 bridgehead atoms. The summed E-state index contributed by atoms with van der Waals surface area (Å²) >= 11 is 0. The van der Waals surface area contributed by atoms with Crippen molar-refractivity contribution < 1.29 is 36.8 Å². The highest BCUT2D eigenvalue weighted by Gasteiger charge is 2.22. The predicted octanol–water partition coefficient (Wildman–Crippen LogP) is 4.27. The van der Waals surface area contributed by atoms with E-state index in [1.54, 1.807) is 0 Å². The lowest BCUT2D eigenvalue weighted by Gasteiger charge is -2.06. The van der Waals surface area contributed by atoms with Gasteiger partial charge in [0, 0.05) is 6.07 Å². The number of aromatic hydroxyl groups is 1. The van der Waals surface area contributed by atoms with Crippen molar-refractivity contribution in [1.29, 1.82) is 0 Å². The van der Waals surface area contributed by atoms with Crippen molar-refractivity contribution in [3.8, 4) is 5.75 Å². The van der Waals surface area contributed by atoms with Gasteiger partial charge >= 0.3 is 0 Å². The third kappa shape index (κ3) is 4.39. The second-order valence-electron chi connectivity index (χ2n) is 5.93. The molecule has 0 radical (unpaired) electrons. The third-order valence-electron chi connectivity index (χ3n) is 3.91. The van der Waals surface area contributed by atoms with E-state index in [-0.39, 0.29) is 22.9 Å². The van der Waals surface area contributed by atoms with E-state index in [9.17, 15) is 37.6 Å². The Bertz CT molecular complexity index is 1100. The Morgan fingerprint density at radius 1 is 1.20 bits per heavy atom. The summed E-state index contributed by atoms with van der Waals surface area (Å²) in [5.41, 5.74) is -2.06. The van der Waals surface area contributed by atoms with Crippen LogP contribution in [0.3, 0.4) is 0 Å². The largest absolute Gasteiger partial charge is 0.506 e. The highest BCUT2D eigenvalue weighted by atomic mass is 19.3. The van der Waals surface area contributed by atoms with Gasteiger partial charge in [-0.25, -0.2) is 17.6 Å². The normalized spacial score (nSPS) is 11.3. The average molecular weight is 428 g/mol. The van der Waals surface area contributed by atoms with Crippen molar-refractivity contribution in [3.05, 3.63) is 69.4 Å². The third-order valence-corrected chi connectivity index (χ3v) is 3.91. The van der Waals surface area contributed by atoms with Crippen molar-refractivity contribution in [3.63, 3.8) is 0 Å². The van der Waals surface area contributed by atoms with E-state index in [4.69, 9.17) is 4.42 Å². The van der Waals surface area contributed by atoms with Crippen LogP contribution in [0.5, 0.6) is 5.75 Å². The number of anilines is 1. The van der Waals surface area contributed by atoms with Crippen LogP contribution in [0.2, 0.25) is 0 Å². The molecule has 30 heavy (non-hydrogen) atoms. The molecule has 1 amide bonds. The van der Waals surface area contributed by atoms with Crippen LogP contribution in [0.4, 0.5) is 28.9 Å². The second kappa shape index (κ2) is 8.23. The molecule has 0 fully saturated rings. The van der Waals surface area contributed by atoms with Gasteiger partial charge in [-0.15, -0.1) is 0 Å². The first-order chi connectivity index (χ1) is 14.2. The fraction of sp³-hybridized carbons (Fsp3) is 0.176. The number of non-ortho nitro benzene ring substituents is 1. The Labute approximate surface area is 164 Å². The Balaban J connectivity index is 1.75. The molecule has 0 saturated carbocycles. The lowest BCUT2D eigenvalue weighted by Crippen LogP contribution is -2.11. The van der Waals surface area contributed by atoms with E-state index < -0.39 is 47.4 Å². The predicted molar refractivity (Wildman–Crippen MR) is 92.7 cm³/mol. The SMILES string of the molecule is O=C(Nc1ccc([N+](=O)[O-])cc1O)c1ccc(Cn2nc(C(F)F)cc2C(F)F)o1. The van der Waals surface area contributed by atoms with Crippen molar-refractivity contribution in [2.24, 2.45) is 0 Å². The van der Waals surface area contributed by atoms with Crippen molar-refractivity contribution >= 4 is 17.3 Å². The highest BCUT2D eigenvalue weighted by Crippen LogP contribution is 2.29. The minimum atomic E-state index is -3.05. The van der Waals surface area contributed by atoms with Crippen LogP contribution in [0, 0.1) is 10.1 Å². The maximum Gasteiger partial charge on any atom is 0.291 e. The molecule has 13 heteroatoms. The first-order valence-corrected chi connectivity index (χ1v) is 8.17. The number of furan rings is 1. The molecular weight excluding hydrogens is 416 g/mol. The zero-order chi connectivity index (χ0) is 22.0. The second-order valence-corrected chi connectivity index (χ2v) is 5.93. The number of nitro groups is 1. The maximum atomic E-state index is 13.0. The van der Waals surface area contributed by atoms with E-state index in [0.29, 0.717) is 10.7 Å². The monoisotopic (exact) mass is 428 g/mol. The number of phenolic OH excluding ortho intramolecular Hbond substituents is 1. The summed E-state index contributed by atoms with van der Waals surface area (Å²) in [7, 11) is 0. The number of phenols is 1. The molecule has 0 aliphatic heterocycles. The highest BCUT2D eigenvalue weighted by molar-refractivity contribution is 6.03. The number of carbonyl (C=O) groups is 1. The summed E-state index contributed by atoms with van der Waals surface area (Å²) in [5.74, 6) is -1.68. The molecule has 0 unspecified atom stereocenters. The van der Waals surface area contributed by atoms with E-state index in [1.165, 1.54) is 12.1 Å². The zero-order valence-corrected chi connectivity index (χ0v) is 14.8. The van der Waals surface area contributed by atoms with Crippen LogP contribution in [-0.4, -0.2) is 25.7 Å². The number of aromatic nitrogens is 2. The van der Waals surface area contributed by atoms with Crippen LogP contribution in [0.25, 0.3) is 0 Å². The molecule has 9 nitrogen and oxygen atoms in total. The van der Waals surface area contributed by atoms with Gasteiger partial charge in [0.25, 0.3) is 24.4 Å². The molecule has 0 saturated heterocycles. The van der Waals surface area contributed by atoms with Gasteiger partial charge in [-0.1, -0.05) is 0 Å². The summed E-state index contributed by atoms with van der Waals surface area (Å²) in [6.45, 7) is -0.428. The van der Waals surface area contributed by atoms with Gasteiger partial charge in [-0.2, -0.15) is 5.10 Å². The van der Waals surface area contributed by atoms with E-state index in [1.807, 2.05) is 0 Å². The maximum absolute atomic E-state index is 13.0. The summed E-state index contributed by atoms with van der Waals surface area (Å²) in [6.07, 6.45) is -6.08. The van der Waals surface area contributed by atoms with Crippen molar-refractivity contribution in [2.45, 2.75) is 19.4 Å². The van der Waals surface area contributed by atoms with Crippen LogP contribution in [-0.2, 0) is 6.54 Å². The number of nitrogens with one attached hydrogen (secondary N) is 1. The fourth-order valence-corrected chi connectivity index (χ4v) is 2.52. The van der Waals surface area contributed by atoms with Crippen LogP contribution < -0.4 is 5.32 Å². The van der Waals surface area contributed by atoms with Crippen LogP contribution in [0.15, 0.2) is 40.8 Å². The number of nitrogens with zero attached hydrogens (tertiary/aromatic N) is 3. The molecular formula is C17H12F4N4O5. The first-order valence-electron chi connectivity index (χ1n) is 8.17. The number of alkyl halides is 4. The molecule has 0 aliphatic rings. The summed E-state index contributed by atoms with van der Waals surface area (Å²) in [4.78, 5) is 22.2. The minimum Gasteiger partial charge on any atom is -0.506 e. The van der Waals surface area contributed by atoms with E-state index >= 15 is 0 Å². The van der Waals surface area contributed by atoms with E-state index in [2.05, 4.69) is 10.4 Å².